The quantitative estimate of drug-likeness (QED) is 0.678. The first-order valence-electron chi connectivity index (χ1n) is 3.92. The Bertz CT molecular complexity index is 324. The predicted molar refractivity (Wildman–Crippen MR) is 49.2 cm³/mol. The third kappa shape index (κ3) is 2.40. The number of carbonyl (C=O) groups is 1. The zero-order valence-corrected chi connectivity index (χ0v) is 7.66. The van der Waals surface area contributed by atoms with Crippen molar-refractivity contribution >= 4 is 11.7 Å². The van der Waals surface area contributed by atoms with Crippen molar-refractivity contribution in [1.82, 2.24) is 9.97 Å². The van der Waals surface area contributed by atoms with Gasteiger partial charge in [0.1, 0.15) is 11.6 Å². The highest BCUT2D eigenvalue weighted by Gasteiger charge is 2.06. The lowest BCUT2D eigenvalue weighted by atomic mass is 10.2. The first-order valence-corrected chi connectivity index (χ1v) is 3.92. The van der Waals surface area contributed by atoms with Crippen LogP contribution in [0.4, 0.5) is 5.82 Å². The molecule has 0 bridgehead atoms. The molecule has 0 saturated heterocycles. The summed E-state index contributed by atoms with van der Waals surface area (Å²) in [6, 6.07) is 0. The number of hydrogen-bond acceptors (Lipinski definition) is 4. The Morgan fingerprint density at radius 2 is 2.38 bits per heavy atom. The Balaban J connectivity index is 2.99. The minimum Gasteiger partial charge on any atom is -0.373 e. The van der Waals surface area contributed by atoms with Gasteiger partial charge in [-0.1, -0.05) is 0 Å². The number of anilines is 1. The van der Waals surface area contributed by atoms with Gasteiger partial charge in [0.2, 0.25) is 5.91 Å². The minimum absolute atomic E-state index is 0.163. The maximum Gasteiger partial charge on any atom is 0.222 e. The summed E-state index contributed by atoms with van der Waals surface area (Å²) >= 11 is 0. The average Bonchev–Trinajstić information content (AvgIpc) is 2.07. The van der Waals surface area contributed by atoms with Gasteiger partial charge < -0.3 is 11.1 Å². The number of hydrogen-bond donors (Lipinski definition) is 2. The summed E-state index contributed by atoms with van der Waals surface area (Å²) in [6.07, 6.45) is 1.77. The molecule has 1 amide bonds. The van der Waals surface area contributed by atoms with Gasteiger partial charge in [-0.05, 0) is 6.92 Å². The van der Waals surface area contributed by atoms with E-state index >= 15 is 0 Å². The summed E-state index contributed by atoms with van der Waals surface area (Å²) in [5.74, 6) is 0.938. The first kappa shape index (κ1) is 9.44. The van der Waals surface area contributed by atoms with E-state index in [1.165, 1.54) is 0 Å². The Hall–Kier alpha value is -1.65. The monoisotopic (exact) mass is 180 g/mol. The number of nitrogens with zero attached hydrogens (tertiary/aromatic N) is 2. The zero-order valence-electron chi connectivity index (χ0n) is 7.66. The minimum atomic E-state index is -0.385. The van der Waals surface area contributed by atoms with Crippen molar-refractivity contribution in [1.29, 1.82) is 0 Å². The fraction of sp³-hybridized carbons (Fsp3) is 0.375. The van der Waals surface area contributed by atoms with Crippen LogP contribution in [0.1, 0.15) is 11.4 Å². The van der Waals surface area contributed by atoms with Crippen molar-refractivity contribution in [3.8, 4) is 0 Å². The number of carbonyl (C=O) groups excluding carboxylic acids is 1. The lowest BCUT2D eigenvalue weighted by Gasteiger charge is -2.05. The molecule has 0 radical (unpaired) electrons. The largest absolute Gasteiger partial charge is 0.373 e. The summed E-state index contributed by atoms with van der Waals surface area (Å²) in [4.78, 5) is 18.8. The summed E-state index contributed by atoms with van der Waals surface area (Å²) in [7, 11) is 1.74. The fourth-order valence-corrected chi connectivity index (χ4v) is 1.03. The van der Waals surface area contributed by atoms with Crippen molar-refractivity contribution in [2.45, 2.75) is 13.3 Å². The lowest BCUT2D eigenvalue weighted by Crippen LogP contribution is -2.15. The Kier molecular flexibility index (Phi) is 2.79. The molecule has 3 N–H and O–H groups in total. The second-order valence-electron chi connectivity index (χ2n) is 2.68. The summed E-state index contributed by atoms with van der Waals surface area (Å²) in [6.45, 7) is 1.79. The van der Waals surface area contributed by atoms with Gasteiger partial charge in [0.15, 0.2) is 0 Å². The number of nitrogens with one attached hydrogen (secondary N) is 1. The molecule has 5 nitrogen and oxygen atoms in total. The van der Waals surface area contributed by atoms with Crippen molar-refractivity contribution in [3.63, 3.8) is 0 Å². The van der Waals surface area contributed by atoms with Crippen molar-refractivity contribution in [2.24, 2.45) is 5.73 Å². The highest BCUT2D eigenvalue weighted by atomic mass is 16.1. The highest BCUT2D eigenvalue weighted by molar-refractivity contribution is 5.78. The van der Waals surface area contributed by atoms with Crippen LogP contribution in [0.3, 0.4) is 0 Å². The molecule has 0 aliphatic carbocycles. The molecule has 0 spiro atoms. The molecule has 1 aromatic heterocycles. The van der Waals surface area contributed by atoms with Gasteiger partial charge in [-0.3, -0.25) is 4.79 Å². The molecule has 70 valence electrons. The molecule has 0 fully saturated rings. The topological polar surface area (TPSA) is 80.9 Å². The molecule has 0 unspecified atom stereocenters. The zero-order chi connectivity index (χ0) is 9.84. The van der Waals surface area contributed by atoms with Crippen LogP contribution in [0.25, 0.3) is 0 Å². The molecule has 0 aliphatic rings. The second kappa shape index (κ2) is 3.84. The van der Waals surface area contributed by atoms with Gasteiger partial charge in [0.05, 0.1) is 6.42 Å². The second-order valence-corrected chi connectivity index (χ2v) is 2.68. The van der Waals surface area contributed by atoms with Crippen LogP contribution in [0.5, 0.6) is 0 Å². The van der Waals surface area contributed by atoms with Crippen LogP contribution >= 0.6 is 0 Å². The van der Waals surface area contributed by atoms with E-state index in [0.717, 1.165) is 5.56 Å². The maximum atomic E-state index is 10.7. The summed E-state index contributed by atoms with van der Waals surface area (Å²) in [5.41, 5.74) is 5.79. The number of primary amides is 1. The molecule has 0 aromatic carbocycles. The first-order chi connectivity index (χ1) is 6.13. The van der Waals surface area contributed by atoms with Gasteiger partial charge in [0, 0.05) is 18.8 Å². The van der Waals surface area contributed by atoms with Crippen LogP contribution in [0, 0.1) is 6.92 Å². The maximum absolute atomic E-state index is 10.7. The number of aryl methyl sites for hydroxylation is 1. The average molecular weight is 180 g/mol. The van der Waals surface area contributed by atoms with E-state index in [2.05, 4.69) is 15.3 Å². The van der Waals surface area contributed by atoms with Gasteiger partial charge >= 0.3 is 0 Å². The summed E-state index contributed by atoms with van der Waals surface area (Å²) < 4.78 is 0. The number of rotatable bonds is 3. The third-order valence-electron chi connectivity index (χ3n) is 1.59. The molecule has 0 aliphatic heterocycles. The molecule has 13 heavy (non-hydrogen) atoms. The third-order valence-corrected chi connectivity index (χ3v) is 1.59. The standard InChI is InChI=1S/C8H12N4O/c1-5-11-4-6(3-7(9)13)8(10-2)12-5/h4H,3H2,1-2H3,(H2,9,13)(H,10,11,12). The smallest absolute Gasteiger partial charge is 0.222 e. The van der Waals surface area contributed by atoms with E-state index < -0.39 is 0 Å². The highest BCUT2D eigenvalue weighted by Crippen LogP contribution is 2.10. The Labute approximate surface area is 76.4 Å². The van der Waals surface area contributed by atoms with E-state index in [9.17, 15) is 4.79 Å². The van der Waals surface area contributed by atoms with Gasteiger partial charge in [-0.25, -0.2) is 9.97 Å². The van der Waals surface area contributed by atoms with E-state index in [0.29, 0.717) is 11.6 Å². The molecular weight excluding hydrogens is 168 g/mol. The Morgan fingerprint density at radius 3 is 2.92 bits per heavy atom. The number of amides is 1. The van der Waals surface area contributed by atoms with Gasteiger partial charge in [-0.15, -0.1) is 0 Å². The van der Waals surface area contributed by atoms with E-state index in [1.54, 1.807) is 20.2 Å². The van der Waals surface area contributed by atoms with Crippen LogP contribution < -0.4 is 11.1 Å². The van der Waals surface area contributed by atoms with Crippen molar-refractivity contribution < 1.29 is 4.79 Å². The molecular formula is C8H12N4O. The molecule has 1 aromatic rings. The summed E-state index contributed by atoms with van der Waals surface area (Å²) in [5, 5.41) is 2.88. The van der Waals surface area contributed by atoms with Gasteiger partial charge in [-0.2, -0.15) is 0 Å². The van der Waals surface area contributed by atoms with Crippen molar-refractivity contribution in [3.05, 3.63) is 17.6 Å². The van der Waals surface area contributed by atoms with Crippen LogP contribution in [0.15, 0.2) is 6.20 Å². The van der Waals surface area contributed by atoms with Crippen LogP contribution in [-0.4, -0.2) is 22.9 Å². The van der Waals surface area contributed by atoms with E-state index in [-0.39, 0.29) is 12.3 Å². The van der Waals surface area contributed by atoms with Crippen molar-refractivity contribution in [2.75, 3.05) is 12.4 Å². The molecule has 0 atom stereocenters. The molecule has 5 heteroatoms. The Morgan fingerprint density at radius 1 is 1.69 bits per heavy atom. The number of aromatic nitrogens is 2. The molecule has 0 saturated carbocycles. The van der Waals surface area contributed by atoms with Crippen LogP contribution in [-0.2, 0) is 11.2 Å². The number of nitrogens with two attached hydrogens (primary N) is 1. The fourth-order valence-electron chi connectivity index (χ4n) is 1.03. The predicted octanol–water partition coefficient (Wildman–Crippen LogP) is -0.145. The van der Waals surface area contributed by atoms with Crippen LogP contribution in [0.2, 0.25) is 0 Å². The SMILES string of the molecule is CNc1nc(C)ncc1CC(N)=O. The van der Waals surface area contributed by atoms with E-state index in [1.807, 2.05) is 0 Å². The molecule has 1 rings (SSSR count). The van der Waals surface area contributed by atoms with Gasteiger partial charge in [0.25, 0.3) is 0 Å². The normalized spacial score (nSPS) is 9.69. The molecule has 1 heterocycles. The lowest BCUT2D eigenvalue weighted by molar-refractivity contribution is -0.117. The van der Waals surface area contributed by atoms with E-state index in [4.69, 9.17) is 5.73 Å².